The van der Waals surface area contributed by atoms with Crippen molar-refractivity contribution in [1.82, 2.24) is 5.32 Å². The van der Waals surface area contributed by atoms with E-state index in [0.717, 1.165) is 29.5 Å². The monoisotopic (exact) mass is 253 g/mol. The van der Waals surface area contributed by atoms with E-state index in [1.54, 1.807) is 0 Å². The molecule has 1 aromatic rings. The fraction of sp³-hybridized carbons (Fsp3) is 0.571. The van der Waals surface area contributed by atoms with Gasteiger partial charge >= 0.3 is 0 Å². The van der Waals surface area contributed by atoms with Crippen molar-refractivity contribution in [3.63, 3.8) is 0 Å². The van der Waals surface area contributed by atoms with E-state index < -0.39 is 0 Å². The van der Waals surface area contributed by atoms with Gasteiger partial charge in [0.1, 0.15) is 0 Å². The summed E-state index contributed by atoms with van der Waals surface area (Å²) in [6, 6.07) is 6.60. The van der Waals surface area contributed by atoms with Gasteiger partial charge in [0.25, 0.3) is 0 Å². The first-order valence-electron chi connectivity index (χ1n) is 6.30. The van der Waals surface area contributed by atoms with Gasteiger partial charge < -0.3 is 10.4 Å². The second-order valence-electron chi connectivity index (χ2n) is 4.92. The van der Waals surface area contributed by atoms with Crippen LogP contribution >= 0.6 is 11.6 Å². The van der Waals surface area contributed by atoms with Gasteiger partial charge in [-0.05, 0) is 49.3 Å². The molecule has 1 fully saturated rings. The van der Waals surface area contributed by atoms with Gasteiger partial charge in [-0.15, -0.1) is 0 Å². The number of hydrogen-bond acceptors (Lipinski definition) is 2. The van der Waals surface area contributed by atoms with Crippen LogP contribution < -0.4 is 5.32 Å². The molecule has 2 N–H and O–H groups in total. The van der Waals surface area contributed by atoms with Gasteiger partial charge in [0.15, 0.2) is 0 Å². The van der Waals surface area contributed by atoms with Crippen LogP contribution in [0.3, 0.4) is 0 Å². The molecule has 0 aromatic heterocycles. The van der Waals surface area contributed by atoms with Crippen LogP contribution in [0.25, 0.3) is 0 Å². The smallest absolute Gasteiger partial charge is 0.0445 e. The van der Waals surface area contributed by atoms with Crippen LogP contribution in [-0.4, -0.2) is 17.8 Å². The van der Waals surface area contributed by atoms with Crippen LogP contribution in [0.15, 0.2) is 18.2 Å². The minimum absolute atomic E-state index is 0.272. The Balaban J connectivity index is 1.89. The number of benzene rings is 1. The number of hydrogen-bond donors (Lipinski definition) is 2. The standard InChI is InChI=1S/C14H20ClNO/c1-10-8-11(2-5-13(10)15)9-16-14(6-7-17)12-3-4-12/h2,5,8,12,14,16-17H,3-4,6-7,9H2,1H3. The Bertz CT molecular complexity index is 376. The average Bonchev–Trinajstić information content (AvgIpc) is 3.13. The lowest BCUT2D eigenvalue weighted by atomic mass is 10.1. The molecule has 1 atom stereocenters. The van der Waals surface area contributed by atoms with E-state index in [-0.39, 0.29) is 6.61 Å². The highest BCUT2D eigenvalue weighted by Gasteiger charge is 2.30. The normalized spacial score (nSPS) is 17.1. The summed E-state index contributed by atoms with van der Waals surface area (Å²) in [6.45, 7) is 3.16. The van der Waals surface area contributed by atoms with Gasteiger partial charge in [-0.1, -0.05) is 23.7 Å². The lowest BCUT2D eigenvalue weighted by molar-refractivity contribution is 0.256. The molecule has 0 bridgehead atoms. The van der Waals surface area contributed by atoms with Crippen LogP contribution in [0.1, 0.15) is 30.4 Å². The highest BCUT2D eigenvalue weighted by atomic mass is 35.5. The predicted octanol–water partition coefficient (Wildman–Crippen LogP) is 2.90. The second kappa shape index (κ2) is 5.85. The molecular formula is C14H20ClNO. The van der Waals surface area contributed by atoms with Crippen molar-refractivity contribution in [1.29, 1.82) is 0 Å². The van der Waals surface area contributed by atoms with E-state index in [1.165, 1.54) is 18.4 Å². The largest absolute Gasteiger partial charge is 0.396 e. The Morgan fingerprint density at radius 2 is 2.24 bits per heavy atom. The molecule has 1 aliphatic rings. The number of aliphatic hydroxyl groups is 1. The van der Waals surface area contributed by atoms with Crippen LogP contribution in [-0.2, 0) is 6.54 Å². The molecule has 1 aliphatic carbocycles. The van der Waals surface area contributed by atoms with Crippen molar-refractivity contribution < 1.29 is 5.11 Å². The molecule has 0 saturated heterocycles. The first kappa shape index (κ1) is 12.9. The zero-order valence-corrected chi connectivity index (χ0v) is 11.0. The third-order valence-corrected chi connectivity index (χ3v) is 3.85. The zero-order valence-electron chi connectivity index (χ0n) is 10.2. The molecule has 0 radical (unpaired) electrons. The van der Waals surface area contributed by atoms with Crippen molar-refractivity contribution in [2.45, 2.75) is 38.8 Å². The van der Waals surface area contributed by atoms with Gasteiger partial charge in [0.05, 0.1) is 0 Å². The number of aliphatic hydroxyl groups excluding tert-OH is 1. The predicted molar refractivity (Wildman–Crippen MR) is 71.2 cm³/mol. The number of nitrogens with one attached hydrogen (secondary N) is 1. The molecule has 0 spiro atoms. The lowest BCUT2D eigenvalue weighted by Crippen LogP contribution is -2.31. The molecule has 1 aromatic carbocycles. The maximum Gasteiger partial charge on any atom is 0.0445 e. The van der Waals surface area contributed by atoms with Crippen LogP contribution in [0.5, 0.6) is 0 Å². The highest BCUT2D eigenvalue weighted by molar-refractivity contribution is 6.31. The minimum atomic E-state index is 0.272. The summed E-state index contributed by atoms with van der Waals surface area (Å²) < 4.78 is 0. The van der Waals surface area contributed by atoms with E-state index in [4.69, 9.17) is 16.7 Å². The summed E-state index contributed by atoms with van der Waals surface area (Å²) >= 11 is 6.00. The maximum absolute atomic E-state index is 9.03. The molecule has 0 amide bonds. The van der Waals surface area contributed by atoms with Gasteiger partial charge in [-0.3, -0.25) is 0 Å². The van der Waals surface area contributed by atoms with Gasteiger partial charge in [0, 0.05) is 24.2 Å². The molecule has 1 unspecified atom stereocenters. The molecule has 0 aliphatic heterocycles. The van der Waals surface area contributed by atoms with Crippen LogP contribution in [0, 0.1) is 12.8 Å². The Hall–Kier alpha value is -0.570. The van der Waals surface area contributed by atoms with Crippen molar-refractivity contribution in [2.24, 2.45) is 5.92 Å². The first-order valence-corrected chi connectivity index (χ1v) is 6.68. The minimum Gasteiger partial charge on any atom is -0.396 e. The van der Waals surface area contributed by atoms with Crippen LogP contribution in [0.2, 0.25) is 5.02 Å². The van der Waals surface area contributed by atoms with E-state index in [2.05, 4.69) is 17.4 Å². The summed E-state index contributed by atoms with van der Waals surface area (Å²) in [5.74, 6) is 0.774. The third kappa shape index (κ3) is 3.70. The summed E-state index contributed by atoms with van der Waals surface area (Å²) in [7, 11) is 0. The number of halogens is 1. The average molecular weight is 254 g/mol. The molecule has 2 nitrogen and oxygen atoms in total. The van der Waals surface area contributed by atoms with Gasteiger partial charge in [-0.2, -0.15) is 0 Å². The quantitative estimate of drug-likeness (QED) is 0.817. The van der Waals surface area contributed by atoms with Crippen molar-refractivity contribution in [2.75, 3.05) is 6.61 Å². The van der Waals surface area contributed by atoms with Crippen LogP contribution in [0.4, 0.5) is 0 Å². The van der Waals surface area contributed by atoms with E-state index in [9.17, 15) is 0 Å². The topological polar surface area (TPSA) is 32.3 Å². The van der Waals surface area contributed by atoms with Gasteiger partial charge in [0.2, 0.25) is 0 Å². The Morgan fingerprint density at radius 1 is 1.47 bits per heavy atom. The molecule has 0 heterocycles. The lowest BCUT2D eigenvalue weighted by Gasteiger charge is -2.17. The Morgan fingerprint density at radius 3 is 2.82 bits per heavy atom. The highest BCUT2D eigenvalue weighted by Crippen LogP contribution is 2.34. The molecule has 2 rings (SSSR count). The Kier molecular flexibility index (Phi) is 4.43. The van der Waals surface area contributed by atoms with E-state index in [0.29, 0.717) is 6.04 Å². The summed E-state index contributed by atoms with van der Waals surface area (Å²) in [5.41, 5.74) is 2.38. The van der Waals surface area contributed by atoms with Crippen molar-refractivity contribution in [3.8, 4) is 0 Å². The molecule has 94 valence electrons. The zero-order chi connectivity index (χ0) is 12.3. The fourth-order valence-corrected chi connectivity index (χ4v) is 2.33. The molecular weight excluding hydrogens is 234 g/mol. The summed E-state index contributed by atoms with van der Waals surface area (Å²) in [5, 5.41) is 13.4. The maximum atomic E-state index is 9.03. The summed E-state index contributed by atoms with van der Waals surface area (Å²) in [6.07, 6.45) is 3.46. The fourth-order valence-electron chi connectivity index (χ4n) is 2.21. The molecule has 3 heteroatoms. The number of aryl methyl sites for hydroxylation is 1. The van der Waals surface area contributed by atoms with Crippen molar-refractivity contribution in [3.05, 3.63) is 34.3 Å². The van der Waals surface area contributed by atoms with E-state index in [1.807, 2.05) is 13.0 Å². The van der Waals surface area contributed by atoms with E-state index >= 15 is 0 Å². The number of rotatable bonds is 6. The Labute approximate surface area is 108 Å². The summed E-state index contributed by atoms with van der Waals surface area (Å²) in [4.78, 5) is 0. The van der Waals surface area contributed by atoms with Crippen molar-refractivity contribution >= 4 is 11.6 Å². The molecule has 1 saturated carbocycles. The molecule has 17 heavy (non-hydrogen) atoms. The first-order chi connectivity index (χ1) is 8.20. The third-order valence-electron chi connectivity index (χ3n) is 3.42. The SMILES string of the molecule is Cc1cc(CNC(CCO)C2CC2)ccc1Cl. The van der Waals surface area contributed by atoms with Gasteiger partial charge in [-0.25, -0.2) is 0 Å². The second-order valence-corrected chi connectivity index (χ2v) is 5.33.